The van der Waals surface area contributed by atoms with E-state index >= 15 is 0 Å². The van der Waals surface area contributed by atoms with Crippen LogP contribution in [0.1, 0.15) is 27.7 Å². The molecule has 0 fully saturated rings. The van der Waals surface area contributed by atoms with Crippen LogP contribution in [-0.4, -0.2) is 44.0 Å². The number of aryl methyl sites for hydroxylation is 2. The van der Waals surface area contributed by atoms with Crippen LogP contribution >= 0.6 is 0 Å². The third-order valence-corrected chi connectivity index (χ3v) is 4.89. The van der Waals surface area contributed by atoms with E-state index in [4.69, 9.17) is 24.4 Å². The lowest BCUT2D eigenvalue weighted by molar-refractivity contribution is -0.274. The summed E-state index contributed by atoms with van der Waals surface area (Å²) in [4.78, 5) is 28.0. The molecule has 3 N–H and O–H groups in total. The van der Waals surface area contributed by atoms with Crippen LogP contribution in [0.5, 0.6) is 23.0 Å². The van der Waals surface area contributed by atoms with Crippen molar-refractivity contribution in [1.29, 1.82) is 0 Å². The molecule has 0 atom stereocenters. The number of nitrogens with zero attached hydrogens (tertiary/aromatic N) is 1. The molecule has 0 bridgehead atoms. The van der Waals surface area contributed by atoms with Gasteiger partial charge in [0.25, 0.3) is 11.8 Å². The fraction of sp³-hybridized carbons (Fsp3) is 0.292. The number of carbonyl (C=O) groups excluding carboxylic acids is 2. The molecule has 37 heavy (non-hydrogen) atoms. The molecule has 3 aromatic rings. The number of nitrogens with one attached hydrogen (secondary N) is 1. The highest BCUT2D eigenvalue weighted by Gasteiger charge is 2.31. The van der Waals surface area contributed by atoms with Crippen LogP contribution in [0.3, 0.4) is 0 Å². The average Bonchev–Trinajstić information content (AvgIpc) is 3.28. The van der Waals surface area contributed by atoms with E-state index in [0.717, 1.165) is 17.7 Å². The Labute approximate surface area is 209 Å². The number of rotatable bonds is 12. The molecular formula is C24H24F3N3O7. The molecule has 2 aromatic carbocycles. The van der Waals surface area contributed by atoms with E-state index < -0.39 is 30.5 Å². The van der Waals surface area contributed by atoms with Gasteiger partial charge >= 0.3 is 6.36 Å². The molecule has 0 radical (unpaired) electrons. The largest absolute Gasteiger partial charge is 0.573 e. The van der Waals surface area contributed by atoms with Crippen molar-refractivity contribution in [3.63, 3.8) is 0 Å². The number of benzene rings is 2. The van der Waals surface area contributed by atoms with Crippen LogP contribution in [0.2, 0.25) is 0 Å². The second-order valence-electron chi connectivity index (χ2n) is 7.55. The highest BCUT2D eigenvalue weighted by Crippen LogP contribution is 2.25. The summed E-state index contributed by atoms with van der Waals surface area (Å²) < 4.78 is 61.8. The number of carbonyl (C=O) groups is 2. The Morgan fingerprint density at radius 1 is 0.973 bits per heavy atom. The van der Waals surface area contributed by atoms with Crippen molar-refractivity contribution in [2.75, 3.05) is 20.8 Å². The summed E-state index contributed by atoms with van der Waals surface area (Å²) in [6.07, 6.45) is -4.04. The van der Waals surface area contributed by atoms with Crippen molar-refractivity contribution in [2.45, 2.75) is 25.7 Å². The van der Waals surface area contributed by atoms with E-state index in [-0.39, 0.29) is 29.6 Å². The van der Waals surface area contributed by atoms with Gasteiger partial charge in [0.2, 0.25) is 5.89 Å². The first-order chi connectivity index (χ1) is 17.6. The lowest BCUT2D eigenvalue weighted by Crippen LogP contribution is -2.28. The van der Waals surface area contributed by atoms with Gasteiger partial charge in [-0.3, -0.25) is 9.59 Å². The number of oxazole rings is 1. The number of primary amides is 1. The van der Waals surface area contributed by atoms with E-state index in [0.29, 0.717) is 24.3 Å². The monoisotopic (exact) mass is 523 g/mol. The average molecular weight is 523 g/mol. The number of hydrogen-bond donors (Lipinski definition) is 2. The zero-order chi connectivity index (χ0) is 27.0. The van der Waals surface area contributed by atoms with Crippen molar-refractivity contribution in [1.82, 2.24) is 10.3 Å². The summed E-state index contributed by atoms with van der Waals surface area (Å²) >= 11 is 0. The Morgan fingerprint density at radius 2 is 1.59 bits per heavy atom. The third kappa shape index (κ3) is 8.33. The Morgan fingerprint density at radius 3 is 2.16 bits per heavy atom. The third-order valence-electron chi connectivity index (χ3n) is 4.89. The van der Waals surface area contributed by atoms with Crippen LogP contribution in [0.4, 0.5) is 13.2 Å². The lowest BCUT2D eigenvalue weighted by Gasteiger charge is -2.10. The molecule has 1 aromatic heterocycles. The van der Waals surface area contributed by atoms with Gasteiger partial charge in [0, 0.05) is 12.5 Å². The topological polar surface area (TPSA) is 135 Å². The normalized spacial score (nSPS) is 11.1. The van der Waals surface area contributed by atoms with Gasteiger partial charge in [0.05, 0.1) is 20.8 Å². The number of aromatic nitrogens is 1. The minimum Gasteiger partial charge on any atom is -0.497 e. The summed E-state index contributed by atoms with van der Waals surface area (Å²) in [5.41, 5.74) is 6.24. The maximum Gasteiger partial charge on any atom is 0.573 e. The van der Waals surface area contributed by atoms with Gasteiger partial charge in [-0.05, 0) is 48.4 Å². The zero-order valence-corrected chi connectivity index (χ0v) is 19.9. The Bertz CT molecular complexity index is 1210. The molecule has 0 aliphatic carbocycles. The second kappa shape index (κ2) is 12.0. The number of hydrogen-bond acceptors (Lipinski definition) is 8. The number of nitrogens with two attached hydrogens (primary N) is 1. The van der Waals surface area contributed by atoms with E-state index in [1.807, 2.05) is 12.1 Å². The first-order valence-electron chi connectivity index (χ1n) is 10.8. The standard InChI is InChI=1S/C24H24F3N3O7/c1-33-17-9-14(10-18(11-17)34-2)3-8-19-22(23(28)32)30-21(36-19)12-29-20(31)13-35-15-4-6-16(7-5-15)37-24(25,26)27/h4-7,9-11H,3,8,12-13H2,1-2H3,(H2,28,32)(H,29,31). The van der Waals surface area contributed by atoms with Gasteiger partial charge in [-0.25, -0.2) is 4.98 Å². The number of alkyl halides is 3. The summed E-state index contributed by atoms with van der Waals surface area (Å²) in [6.45, 7) is -0.568. The highest BCUT2D eigenvalue weighted by atomic mass is 19.4. The molecule has 1 heterocycles. The number of amides is 2. The smallest absolute Gasteiger partial charge is 0.497 e. The van der Waals surface area contributed by atoms with Crippen molar-refractivity contribution in [3.8, 4) is 23.0 Å². The molecule has 0 spiro atoms. The van der Waals surface area contributed by atoms with E-state index in [1.165, 1.54) is 26.4 Å². The molecule has 3 rings (SSSR count). The Hall–Kier alpha value is -4.42. The maximum absolute atomic E-state index is 12.2. The molecule has 13 heteroatoms. The second-order valence-corrected chi connectivity index (χ2v) is 7.55. The van der Waals surface area contributed by atoms with Crippen molar-refractivity contribution in [2.24, 2.45) is 5.73 Å². The van der Waals surface area contributed by atoms with Crippen LogP contribution < -0.4 is 30.0 Å². The van der Waals surface area contributed by atoms with Crippen molar-refractivity contribution in [3.05, 3.63) is 65.4 Å². The van der Waals surface area contributed by atoms with Gasteiger partial charge in [0.1, 0.15) is 28.8 Å². The van der Waals surface area contributed by atoms with E-state index in [2.05, 4.69) is 15.0 Å². The first kappa shape index (κ1) is 27.2. The molecule has 0 unspecified atom stereocenters. The van der Waals surface area contributed by atoms with Gasteiger partial charge < -0.3 is 34.4 Å². The summed E-state index contributed by atoms with van der Waals surface area (Å²) in [6, 6.07) is 9.94. The van der Waals surface area contributed by atoms with Crippen LogP contribution in [0.25, 0.3) is 0 Å². The van der Waals surface area contributed by atoms with Gasteiger partial charge in [-0.2, -0.15) is 0 Å². The van der Waals surface area contributed by atoms with Crippen molar-refractivity contribution >= 4 is 11.8 Å². The van der Waals surface area contributed by atoms with Crippen LogP contribution in [0.15, 0.2) is 46.9 Å². The number of methoxy groups -OCH3 is 2. The number of halogens is 3. The number of ether oxygens (including phenoxy) is 4. The van der Waals surface area contributed by atoms with Gasteiger partial charge in [0.15, 0.2) is 12.3 Å². The zero-order valence-electron chi connectivity index (χ0n) is 19.9. The summed E-state index contributed by atoms with van der Waals surface area (Å²) in [7, 11) is 3.07. The molecule has 0 aliphatic rings. The molecule has 0 saturated heterocycles. The van der Waals surface area contributed by atoms with Crippen LogP contribution in [0, 0.1) is 0 Å². The maximum atomic E-state index is 12.2. The minimum absolute atomic E-state index is 0.0449. The molecule has 2 amide bonds. The Kier molecular flexibility index (Phi) is 8.82. The molecule has 10 nitrogen and oxygen atoms in total. The molecule has 0 aliphatic heterocycles. The van der Waals surface area contributed by atoms with Gasteiger partial charge in [-0.1, -0.05) is 0 Å². The molecule has 0 saturated carbocycles. The van der Waals surface area contributed by atoms with E-state index in [1.54, 1.807) is 6.07 Å². The highest BCUT2D eigenvalue weighted by molar-refractivity contribution is 5.91. The minimum atomic E-state index is -4.81. The first-order valence-corrected chi connectivity index (χ1v) is 10.8. The van der Waals surface area contributed by atoms with E-state index in [9.17, 15) is 22.8 Å². The van der Waals surface area contributed by atoms with Crippen molar-refractivity contribution < 1.29 is 46.1 Å². The quantitative estimate of drug-likeness (QED) is 0.370. The predicted octanol–water partition coefficient (Wildman–Crippen LogP) is 3.17. The van der Waals surface area contributed by atoms with Crippen LogP contribution in [-0.2, 0) is 24.2 Å². The fourth-order valence-corrected chi connectivity index (χ4v) is 3.22. The van der Waals surface area contributed by atoms with Gasteiger partial charge in [-0.15, -0.1) is 13.2 Å². The fourth-order valence-electron chi connectivity index (χ4n) is 3.22. The molecular weight excluding hydrogens is 499 g/mol. The lowest BCUT2D eigenvalue weighted by atomic mass is 10.1. The Balaban J connectivity index is 1.54. The molecule has 198 valence electrons. The predicted molar refractivity (Wildman–Crippen MR) is 122 cm³/mol. The summed E-state index contributed by atoms with van der Waals surface area (Å²) in [5.74, 6) is -0.0464. The summed E-state index contributed by atoms with van der Waals surface area (Å²) in [5, 5.41) is 2.52. The SMILES string of the molecule is COc1cc(CCc2oc(CNC(=O)COc3ccc(OC(F)(F)F)cc3)nc2C(N)=O)cc(OC)c1.